The highest BCUT2D eigenvalue weighted by Gasteiger charge is 2.19. The fourth-order valence-corrected chi connectivity index (χ4v) is 2.98. The van der Waals surface area contributed by atoms with Gasteiger partial charge in [0.2, 0.25) is 0 Å². The lowest BCUT2D eigenvalue weighted by atomic mass is 10.1. The van der Waals surface area contributed by atoms with Gasteiger partial charge in [0.1, 0.15) is 0 Å². The Morgan fingerprint density at radius 2 is 1.81 bits per heavy atom. The smallest absolute Gasteiger partial charge is 0.333 e. The number of carboxylic acids is 1. The molecule has 1 atom stereocenters. The van der Waals surface area contributed by atoms with Crippen LogP contribution in [0.2, 0.25) is 0 Å². The van der Waals surface area contributed by atoms with Gasteiger partial charge in [-0.05, 0) is 30.7 Å². The summed E-state index contributed by atoms with van der Waals surface area (Å²) < 4.78 is 5.30. The molecule has 0 bridgehead atoms. The van der Waals surface area contributed by atoms with E-state index in [-0.39, 0.29) is 0 Å². The van der Waals surface area contributed by atoms with Crippen LogP contribution in [0.3, 0.4) is 0 Å². The van der Waals surface area contributed by atoms with Gasteiger partial charge >= 0.3 is 5.97 Å². The van der Waals surface area contributed by atoms with Crippen molar-refractivity contribution < 1.29 is 14.6 Å². The van der Waals surface area contributed by atoms with Gasteiger partial charge in [0, 0.05) is 22.8 Å². The Morgan fingerprint density at radius 1 is 1.14 bits per heavy atom. The Hall–Kier alpha value is -1.78. The highest BCUT2D eigenvalue weighted by molar-refractivity contribution is 7.99. The van der Waals surface area contributed by atoms with E-state index >= 15 is 0 Å². The van der Waals surface area contributed by atoms with Crippen molar-refractivity contribution in [3.63, 3.8) is 0 Å². The Morgan fingerprint density at radius 3 is 2.48 bits per heavy atom. The van der Waals surface area contributed by atoms with Crippen molar-refractivity contribution in [3.8, 4) is 0 Å². The van der Waals surface area contributed by atoms with Crippen molar-refractivity contribution in [1.82, 2.24) is 0 Å². The van der Waals surface area contributed by atoms with E-state index in [4.69, 9.17) is 4.74 Å². The molecule has 0 saturated carbocycles. The highest BCUT2D eigenvalue weighted by Crippen LogP contribution is 2.31. The molecule has 0 spiro atoms. The molecule has 0 fully saturated rings. The minimum atomic E-state index is -0.920. The summed E-state index contributed by atoms with van der Waals surface area (Å²) in [5.74, 6) is -0.920. The van der Waals surface area contributed by atoms with Crippen LogP contribution in [0.15, 0.2) is 64.4 Å². The molecule has 2 aromatic rings. The molecule has 1 N–H and O–H groups in total. The van der Waals surface area contributed by atoms with Gasteiger partial charge < -0.3 is 9.84 Å². The Balaban J connectivity index is 2.18. The summed E-state index contributed by atoms with van der Waals surface area (Å²) in [5.41, 5.74) is 0.993. The molecule has 110 valence electrons. The number of carboxylic acid groups (broad SMARTS) is 1. The van der Waals surface area contributed by atoms with Crippen LogP contribution in [0.4, 0.5) is 0 Å². The van der Waals surface area contributed by atoms with Gasteiger partial charge in [-0.3, -0.25) is 0 Å². The van der Waals surface area contributed by atoms with Gasteiger partial charge in [-0.2, -0.15) is 0 Å². The molecule has 0 amide bonds. The van der Waals surface area contributed by atoms with E-state index in [2.05, 4.69) is 0 Å². The van der Waals surface area contributed by atoms with Crippen molar-refractivity contribution in [2.24, 2.45) is 0 Å². The molecular weight excluding hydrogens is 284 g/mol. The number of carbonyl (C=O) groups is 1. The van der Waals surface area contributed by atoms with E-state index in [1.54, 1.807) is 18.7 Å². The molecule has 0 aliphatic heterocycles. The first kappa shape index (κ1) is 15.6. The normalized spacial score (nSPS) is 12.0. The number of hydrogen-bond acceptors (Lipinski definition) is 3. The van der Waals surface area contributed by atoms with E-state index in [0.29, 0.717) is 13.0 Å². The van der Waals surface area contributed by atoms with Crippen molar-refractivity contribution in [3.05, 3.63) is 60.2 Å². The minimum absolute atomic E-state index is 0.374. The van der Waals surface area contributed by atoms with E-state index < -0.39 is 12.1 Å². The Kier molecular flexibility index (Phi) is 5.84. The molecule has 2 aromatic carbocycles. The maximum atomic E-state index is 11.2. The number of hydrogen-bond donors (Lipinski definition) is 1. The van der Waals surface area contributed by atoms with Crippen LogP contribution in [-0.2, 0) is 16.0 Å². The van der Waals surface area contributed by atoms with Gasteiger partial charge in [-0.25, -0.2) is 4.79 Å². The third-order valence-electron chi connectivity index (χ3n) is 2.99. The van der Waals surface area contributed by atoms with Crippen LogP contribution >= 0.6 is 11.8 Å². The zero-order valence-corrected chi connectivity index (χ0v) is 12.7. The molecule has 0 aromatic heterocycles. The third-order valence-corrected chi connectivity index (χ3v) is 4.12. The summed E-state index contributed by atoms with van der Waals surface area (Å²) in [5, 5.41) is 9.21. The summed E-state index contributed by atoms with van der Waals surface area (Å²) in [6.45, 7) is 2.20. The van der Waals surface area contributed by atoms with Gasteiger partial charge in [0.05, 0.1) is 0 Å². The molecule has 0 unspecified atom stereocenters. The van der Waals surface area contributed by atoms with E-state index in [9.17, 15) is 9.90 Å². The zero-order chi connectivity index (χ0) is 15.1. The molecule has 3 nitrogen and oxygen atoms in total. The number of aliphatic carboxylic acids is 1. The lowest BCUT2D eigenvalue weighted by Crippen LogP contribution is -2.26. The average molecular weight is 302 g/mol. The third kappa shape index (κ3) is 4.62. The second-order valence-electron chi connectivity index (χ2n) is 4.51. The van der Waals surface area contributed by atoms with E-state index in [0.717, 1.165) is 15.4 Å². The van der Waals surface area contributed by atoms with Crippen LogP contribution in [0.5, 0.6) is 0 Å². The minimum Gasteiger partial charge on any atom is -0.479 e. The van der Waals surface area contributed by atoms with Gasteiger partial charge in [-0.1, -0.05) is 48.2 Å². The van der Waals surface area contributed by atoms with Crippen LogP contribution < -0.4 is 0 Å². The topological polar surface area (TPSA) is 46.5 Å². The summed E-state index contributed by atoms with van der Waals surface area (Å²) in [6.07, 6.45) is -0.424. The first-order chi connectivity index (χ1) is 10.2. The predicted molar refractivity (Wildman–Crippen MR) is 83.8 cm³/mol. The monoisotopic (exact) mass is 302 g/mol. The molecule has 21 heavy (non-hydrogen) atoms. The van der Waals surface area contributed by atoms with Gasteiger partial charge in [0.25, 0.3) is 0 Å². The molecule has 0 saturated heterocycles. The lowest BCUT2D eigenvalue weighted by molar-refractivity contribution is -0.150. The number of benzene rings is 2. The number of rotatable bonds is 7. The summed E-state index contributed by atoms with van der Waals surface area (Å²) in [6, 6.07) is 17.9. The Labute approximate surface area is 129 Å². The SMILES string of the molecule is CCO[C@@H](Cc1ccccc1Sc1ccccc1)C(=O)O. The van der Waals surface area contributed by atoms with Crippen molar-refractivity contribution in [1.29, 1.82) is 0 Å². The lowest BCUT2D eigenvalue weighted by Gasteiger charge is -2.15. The van der Waals surface area contributed by atoms with Crippen LogP contribution in [-0.4, -0.2) is 23.8 Å². The van der Waals surface area contributed by atoms with Crippen LogP contribution in [0.1, 0.15) is 12.5 Å². The second kappa shape index (κ2) is 7.86. The van der Waals surface area contributed by atoms with Gasteiger partial charge in [-0.15, -0.1) is 0 Å². The standard InChI is InChI=1S/C17H18O3S/c1-2-20-15(17(18)19)12-13-8-6-7-11-16(13)21-14-9-4-3-5-10-14/h3-11,15H,2,12H2,1H3,(H,18,19)/t15-/m0/s1. The summed E-state index contributed by atoms with van der Waals surface area (Å²) in [7, 11) is 0. The molecule has 0 heterocycles. The quantitative estimate of drug-likeness (QED) is 0.843. The van der Waals surface area contributed by atoms with Crippen molar-refractivity contribution >= 4 is 17.7 Å². The molecule has 0 radical (unpaired) electrons. The second-order valence-corrected chi connectivity index (χ2v) is 5.62. The summed E-state index contributed by atoms with van der Waals surface area (Å²) in [4.78, 5) is 13.4. The Bertz CT molecular complexity index is 584. The van der Waals surface area contributed by atoms with Crippen LogP contribution in [0, 0.1) is 0 Å². The number of ether oxygens (including phenoxy) is 1. The highest BCUT2D eigenvalue weighted by atomic mass is 32.2. The van der Waals surface area contributed by atoms with Crippen LogP contribution in [0.25, 0.3) is 0 Å². The predicted octanol–water partition coefficient (Wildman–Crippen LogP) is 3.87. The molecule has 2 rings (SSSR count). The molecule has 0 aliphatic carbocycles. The zero-order valence-electron chi connectivity index (χ0n) is 11.9. The van der Waals surface area contributed by atoms with Gasteiger partial charge in [0.15, 0.2) is 6.10 Å². The fraction of sp³-hybridized carbons (Fsp3) is 0.235. The maximum Gasteiger partial charge on any atom is 0.333 e. The maximum absolute atomic E-state index is 11.2. The molecule has 4 heteroatoms. The largest absolute Gasteiger partial charge is 0.479 e. The van der Waals surface area contributed by atoms with Crippen molar-refractivity contribution in [2.75, 3.05) is 6.61 Å². The molecule has 0 aliphatic rings. The fourth-order valence-electron chi connectivity index (χ4n) is 2.01. The first-order valence-electron chi connectivity index (χ1n) is 6.86. The average Bonchev–Trinajstić information content (AvgIpc) is 2.49. The molecular formula is C17H18O3S. The summed E-state index contributed by atoms with van der Waals surface area (Å²) >= 11 is 1.64. The van der Waals surface area contributed by atoms with Crippen molar-refractivity contribution in [2.45, 2.75) is 29.2 Å². The van der Waals surface area contributed by atoms with E-state index in [1.165, 1.54) is 0 Å². The first-order valence-corrected chi connectivity index (χ1v) is 7.67. The van der Waals surface area contributed by atoms with E-state index in [1.807, 2.05) is 54.6 Å².